The van der Waals surface area contributed by atoms with Crippen LogP contribution in [0.15, 0.2) is 0 Å². The van der Waals surface area contributed by atoms with Crippen molar-refractivity contribution < 1.29 is 19.4 Å². The number of amides is 1. The van der Waals surface area contributed by atoms with Crippen LogP contribution in [0.25, 0.3) is 0 Å². The first-order chi connectivity index (χ1) is 8.13. The van der Waals surface area contributed by atoms with E-state index in [2.05, 4.69) is 11.8 Å². The van der Waals surface area contributed by atoms with Crippen molar-refractivity contribution in [3.8, 4) is 11.8 Å². The van der Waals surface area contributed by atoms with Crippen LogP contribution in [-0.2, 0) is 14.3 Å². The van der Waals surface area contributed by atoms with Crippen LogP contribution < -0.4 is 0 Å². The first kappa shape index (κ1) is 13.5. The molecule has 0 saturated heterocycles. The van der Waals surface area contributed by atoms with Gasteiger partial charge >= 0.3 is 5.97 Å². The highest BCUT2D eigenvalue weighted by Gasteiger charge is 2.19. The van der Waals surface area contributed by atoms with Gasteiger partial charge in [-0.15, -0.1) is 11.8 Å². The van der Waals surface area contributed by atoms with Crippen LogP contribution in [0.5, 0.6) is 0 Å². The molecule has 1 aliphatic heterocycles. The van der Waals surface area contributed by atoms with Gasteiger partial charge in [0.2, 0.25) is 5.91 Å². The molecular formula is C12H17NO4. The maximum Gasteiger partial charge on any atom is 0.303 e. The lowest BCUT2D eigenvalue weighted by Crippen LogP contribution is -2.39. The van der Waals surface area contributed by atoms with Crippen molar-refractivity contribution in [1.29, 1.82) is 0 Å². The van der Waals surface area contributed by atoms with Gasteiger partial charge in [-0.05, 0) is 0 Å². The van der Waals surface area contributed by atoms with E-state index in [4.69, 9.17) is 9.84 Å². The van der Waals surface area contributed by atoms with Gasteiger partial charge in [0.25, 0.3) is 0 Å². The first-order valence-electron chi connectivity index (χ1n) is 5.61. The molecular weight excluding hydrogens is 222 g/mol. The Hall–Kier alpha value is -1.54. The molecule has 0 radical (unpaired) electrons. The van der Waals surface area contributed by atoms with Crippen molar-refractivity contribution in [2.75, 3.05) is 20.2 Å². The molecule has 1 rings (SSSR count). The Morgan fingerprint density at radius 2 is 2.18 bits per heavy atom. The normalized spacial score (nSPS) is 19.8. The lowest BCUT2D eigenvalue weighted by molar-refractivity contribution is -0.141. The standard InChI is InChI=1S/C12H17NO4/c1-17-10-5-3-2-4-8-13(9-10)11(14)6-7-12(15)16/h10H,4-9H2,1H3,(H,15,16). The van der Waals surface area contributed by atoms with Gasteiger partial charge in [0.05, 0.1) is 12.5 Å². The predicted octanol–water partition coefficient (Wildman–Crippen LogP) is 0.492. The Balaban J connectivity index is 2.53. The van der Waals surface area contributed by atoms with E-state index in [0.29, 0.717) is 25.9 Å². The number of nitrogens with zero attached hydrogens (tertiary/aromatic N) is 1. The van der Waals surface area contributed by atoms with Gasteiger partial charge in [0.1, 0.15) is 0 Å². The lowest BCUT2D eigenvalue weighted by Gasteiger charge is -2.26. The number of carboxylic acids is 1. The Kier molecular flexibility index (Phi) is 5.50. The van der Waals surface area contributed by atoms with E-state index >= 15 is 0 Å². The number of carbonyl (C=O) groups is 2. The van der Waals surface area contributed by atoms with Crippen LogP contribution in [0.4, 0.5) is 0 Å². The molecule has 5 heteroatoms. The lowest BCUT2D eigenvalue weighted by atomic mass is 10.1. The third-order valence-corrected chi connectivity index (χ3v) is 2.62. The summed E-state index contributed by atoms with van der Waals surface area (Å²) >= 11 is 0. The number of carboxylic acid groups (broad SMARTS) is 1. The fourth-order valence-corrected chi connectivity index (χ4v) is 1.62. The molecule has 0 aliphatic carbocycles. The third-order valence-electron chi connectivity index (χ3n) is 2.62. The van der Waals surface area contributed by atoms with Gasteiger partial charge in [0, 0.05) is 39.5 Å². The molecule has 0 bridgehead atoms. The minimum Gasteiger partial charge on any atom is -0.481 e. The Morgan fingerprint density at radius 3 is 2.82 bits per heavy atom. The van der Waals surface area contributed by atoms with E-state index in [9.17, 15) is 9.59 Å². The van der Waals surface area contributed by atoms with Crippen molar-refractivity contribution in [2.24, 2.45) is 0 Å². The topological polar surface area (TPSA) is 66.8 Å². The number of hydrogen-bond donors (Lipinski definition) is 1. The Morgan fingerprint density at radius 1 is 1.41 bits per heavy atom. The molecule has 1 amide bonds. The molecule has 17 heavy (non-hydrogen) atoms. The fourth-order valence-electron chi connectivity index (χ4n) is 1.62. The van der Waals surface area contributed by atoms with Gasteiger partial charge in [-0.25, -0.2) is 0 Å². The zero-order chi connectivity index (χ0) is 12.7. The summed E-state index contributed by atoms with van der Waals surface area (Å²) < 4.78 is 5.22. The second-order valence-corrected chi connectivity index (χ2v) is 3.90. The van der Waals surface area contributed by atoms with Crippen LogP contribution in [0.1, 0.15) is 25.7 Å². The summed E-state index contributed by atoms with van der Waals surface area (Å²) in [5.41, 5.74) is 0. The van der Waals surface area contributed by atoms with E-state index < -0.39 is 5.97 Å². The van der Waals surface area contributed by atoms with Crippen molar-refractivity contribution in [1.82, 2.24) is 4.90 Å². The van der Waals surface area contributed by atoms with Crippen LogP contribution >= 0.6 is 0 Å². The average molecular weight is 239 g/mol. The van der Waals surface area contributed by atoms with Gasteiger partial charge in [-0.2, -0.15) is 0 Å². The smallest absolute Gasteiger partial charge is 0.303 e. The number of aliphatic carboxylic acids is 1. The van der Waals surface area contributed by atoms with Crippen molar-refractivity contribution in [3.63, 3.8) is 0 Å². The van der Waals surface area contributed by atoms with Crippen LogP contribution in [0, 0.1) is 11.8 Å². The molecule has 1 N–H and O–H groups in total. The summed E-state index contributed by atoms with van der Waals surface area (Å²) in [5.74, 6) is 4.86. The van der Waals surface area contributed by atoms with Crippen molar-refractivity contribution in [2.45, 2.75) is 31.8 Å². The van der Waals surface area contributed by atoms with E-state index in [1.165, 1.54) is 0 Å². The second-order valence-electron chi connectivity index (χ2n) is 3.90. The molecule has 0 saturated carbocycles. The summed E-state index contributed by atoms with van der Waals surface area (Å²) in [7, 11) is 1.59. The maximum atomic E-state index is 11.8. The Labute approximate surface area is 101 Å². The summed E-state index contributed by atoms with van der Waals surface area (Å²) in [5, 5.41) is 8.54. The summed E-state index contributed by atoms with van der Waals surface area (Å²) in [6.45, 7) is 1.04. The fraction of sp³-hybridized carbons (Fsp3) is 0.667. The number of rotatable bonds is 4. The molecule has 1 atom stereocenters. The highest BCUT2D eigenvalue weighted by atomic mass is 16.5. The molecule has 1 aliphatic rings. The van der Waals surface area contributed by atoms with Crippen LogP contribution in [0.3, 0.4) is 0 Å². The van der Waals surface area contributed by atoms with Crippen molar-refractivity contribution in [3.05, 3.63) is 0 Å². The SMILES string of the molecule is COC1CC#CCCN(C(=O)CCC(=O)O)C1. The third kappa shape index (κ3) is 4.87. The van der Waals surface area contributed by atoms with Gasteiger partial charge in [-0.1, -0.05) is 0 Å². The summed E-state index contributed by atoms with van der Waals surface area (Å²) in [6.07, 6.45) is 1.07. The second kappa shape index (κ2) is 6.92. The highest BCUT2D eigenvalue weighted by molar-refractivity contribution is 5.80. The quantitative estimate of drug-likeness (QED) is 0.725. The summed E-state index contributed by atoms with van der Waals surface area (Å²) in [6, 6.07) is 0. The number of ether oxygens (including phenoxy) is 1. The van der Waals surface area contributed by atoms with Crippen LogP contribution in [0.2, 0.25) is 0 Å². The number of carbonyl (C=O) groups excluding carboxylic acids is 1. The molecule has 0 fully saturated rings. The zero-order valence-electron chi connectivity index (χ0n) is 9.94. The largest absolute Gasteiger partial charge is 0.481 e. The molecule has 1 unspecified atom stereocenters. The minimum atomic E-state index is -0.950. The van der Waals surface area contributed by atoms with E-state index in [1.54, 1.807) is 12.0 Å². The van der Waals surface area contributed by atoms with Gasteiger partial charge in [-0.3, -0.25) is 9.59 Å². The molecule has 0 aromatic carbocycles. The van der Waals surface area contributed by atoms with E-state index in [-0.39, 0.29) is 24.9 Å². The number of hydrogen-bond acceptors (Lipinski definition) is 3. The highest BCUT2D eigenvalue weighted by Crippen LogP contribution is 2.07. The predicted molar refractivity (Wildman–Crippen MR) is 61.3 cm³/mol. The van der Waals surface area contributed by atoms with E-state index in [1.807, 2.05) is 0 Å². The minimum absolute atomic E-state index is 0.0409. The Bertz CT molecular complexity index is 342. The van der Waals surface area contributed by atoms with Gasteiger partial charge in [0.15, 0.2) is 0 Å². The van der Waals surface area contributed by atoms with E-state index in [0.717, 1.165) is 0 Å². The molecule has 0 spiro atoms. The van der Waals surface area contributed by atoms with Crippen LogP contribution in [-0.4, -0.2) is 48.2 Å². The summed E-state index contributed by atoms with van der Waals surface area (Å²) in [4.78, 5) is 23.8. The maximum absolute atomic E-state index is 11.8. The molecule has 5 nitrogen and oxygen atoms in total. The molecule has 0 aromatic heterocycles. The average Bonchev–Trinajstić information content (AvgIpc) is 2.26. The molecule has 1 heterocycles. The monoisotopic (exact) mass is 239 g/mol. The van der Waals surface area contributed by atoms with Crippen molar-refractivity contribution >= 4 is 11.9 Å². The van der Waals surface area contributed by atoms with Gasteiger partial charge < -0.3 is 14.7 Å². The zero-order valence-corrected chi connectivity index (χ0v) is 9.94. The first-order valence-corrected chi connectivity index (χ1v) is 5.61. The molecule has 94 valence electrons. The number of methoxy groups -OCH3 is 1. The molecule has 0 aromatic rings.